The molecule has 1 aliphatic rings. The Bertz CT molecular complexity index is 472. The highest BCUT2D eigenvalue weighted by Gasteiger charge is 2.23. The van der Waals surface area contributed by atoms with Gasteiger partial charge in [0, 0.05) is 12.5 Å². The molecular weight excluding hydrogens is 247 g/mol. The van der Waals surface area contributed by atoms with Gasteiger partial charge in [-0.1, -0.05) is 12.1 Å². The number of nitrogens with one attached hydrogen (secondary N) is 2. The van der Waals surface area contributed by atoms with Crippen molar-refractivity contribution in [3.8, 4) is 0 Å². The summed E-state index contributed by atoms with van der Waals surface area (Å²) in [6, 6.07) is 6.47. The molecule has 5 heteroatoms. The van der Waals surface area contributed by atoms with Crippen molar-refractivity contribution in [2.45, 2.75) is 31.7 Å². The van der Waals surface area contributed by atoms with Gasteiger partial charge >= 0.3 is 0 Å². The Morgan fingerprint density at radius 3 is 2.74 bits per heavy atom. The summed E-state index contributed by atoms with van der Waals surface area (Å²) in [6.07, 6.45) is 2.77. The molecule has 1 aliphatic carbocycles. The van der Waals surface area contributed by atoms with Crippen molar-refractivity contribution in [1.29, 1.82) is 0 Å². The van der Waals surface area contributed by atoms with Crippen LogP contribution in [-0.2, 0) is 16.0 Å². The smallest absolute Gasteiger partial charge is 0.239 e. The zero-order valence-electron chi connectivity index (χ0n) is 10.6. The van der Waals surface area contributed by atoms with E-state index in [9.17, 15) is 14.0 Å². The summed E-state index contributed by atoms with van der Waals surface area (Å²) in [7, 11) is 0. The molecule has 0 aliphatic heterocycles. The van der Waals surface area contributed by atoms with Crippen molar-refractivity contribution in [2.24, 2.45) is 0 Å². The molecule has 4 nitrogen and oxygen atoms in total. The zero-order chi connectivity index (χ0) is 13.7. The van der Waals surface area contributed by atoms with Gasteiger partial charge in [0.2, 0.25) is 11.8 Å². The first-order valence-electron chi connectivity index (χ1n) is 6.44. The van der Waals surface area contributed by atoms with E-state index in [4.69, 9.17) is 0 Å². The molecule has 2 rings (SSSR count). The first-order valence-corrected chi connectivity index (χ1v) is 6.44. The molecule has 0 aromatic heterocycles. The fourth-order valence-corrected chi connectivity index (χ4v) is 1.72. The molecule has 0 bridgehead atoms. The van der Waals surface area contributed by atoms with E-state index in [-0.39, 0.29) is 30.6 Å². The quantitative estimate of drug-likeness (QED) is 0.810. The number of carbonyl (C=O) groups excluding carboxylic acids is 2. The molecule has 2 amide bonds. The standard InChI is InChI=1S/C14H17FN2O2/c15-11-3-1-2-10(8-11)4-7-13(18)16-9-14(19)17-12-5-6-12/h1-3,8,12H,4-7,9H2,(H,16,18)(H,17,19). The largest absolute Gasteiger partial charge is 0.352 e. The Labute approximate surface area is 111 Å². The van der Waals surface area contributed by atoms with Crippen LogP contribution in [0.4, 0.5) is 4.39 Å². The highest BCUT2D eigenvalue weighted by atomic mass is 19.1. The van der Waals surface area contributed by atoms with Gasteiger partial charge in [0.25, 0.3) is 0 Å². The van der Waals surface area contributed by atoms with E-state index in [2.05, 4.69) is 10.6 Å². The first-order chi connectivity index (χ1) is 9.13. The van der Waals surface area contributed by atoms with E-state index in [0.717, 1.165) is 18.4 Å². The van der Waals surface area contributed by atoms with Crippen LogP contribution >= 0.6 is 0 Å². The Balaban J connectivity index is 1.65. The molecule has 1 saturated carbocycles. The Morgan fingerprint density at radius 2 is 2.05 bits per heavy atom. The maximum atomic E-state index is 12.9. The maximum Gasteiger partial charge on any atom is 0.239 e. The van der Waals surface area contributed by atoms with Crippen LogP contribution in [-0.4, -0.2) is 24.4 Å². The minimum atomic E-state index is -0.304. The lowest BCUT2D eigenvalue weighted by Gasteiger charge is -2.06. The van der Waals surface area contributed by atoms with E-state index in [0.29, 0.717) is 12.5 Å². The van der Waals surface area contributed by atoms with Crippen molar-refractivity contribution in [3.05, 3.63) is 35.6 Å². The van der Waals surface area contributed by atoms with Crippen LogP contribution in [0.2, 0.25) is 0 Å². The van der Waals surface area contributed by atoms with Crippen LogP contribution in [0.15, 0.2) is 24.3 Å². The molecule has 1 aromatic carbocycles. The third-order valence-corrected chi connectivity index (χ3v) is 2.92. The van der Waals surface area contributed by atoms with E-state index < -0.39 is 0 Å². The number of halogens is 1. The van der Waals surface area contributed by atoms with Gasteiger partial charge in [-0.2, -0.15) is 0 Å². The minimum absolute atomic E-state index is 0.0124. The number of amides is 2. The lowest BCUT2D eigenvalue weighted by Crippen LogP contribution is -2.37. The summed E-state index contributed by atoms with van der Waals surface area (Å²) in [4.78, 5) is 22.9. The number of rotatable bonds is 6. The Kier molecular flexibility index (Phi) is 4.49. The lowest BCUT2D eigenvalue weighted by molar-refractivity contribution is -0.126. The zero-order valence-corrected chi connectivity index (χ0v) is 10.6. The monoisotopic (exact) mass is 264 g/mol. The van der Waals surface area contributed by atoms with Gasteiger partial charge in [-0.25, -0.2) is 4.39 Å². The van der Waals surface area contributed by atoms with Gasteiger partial charge < -0.3 is 10.6 Å². The first kappa shape index (κ1) is 13.5. The Hall–Kier alpha value is -1.91. The Morgan fingerprint density at radius 1 is 1.26 bits per heavy atom. The predicted molar refractivity (Wildman–Crippen MR) is 68.9 cm³/mol. The summed E-state index contributed by atoms with van der Waals surface area (Å²) in [6.45, 7) is 0.0124. The van der Waals surface area contributed by atoms with Crippen molar-refractivity contribution in [3.63, 3.8) is 0 Å². The molecule has 0 spiro atoms. The van der Waals surface area contributed by atoms with Crippen LogP contribution in [0.25, 0.3) is 0 Å². The van der Waals surface area contributed by atoms with Gasteiger partial charge in [0.05, 0.1) is 6.54 Å². The van der Waals surface area contributed by atoms with E-state index in [1.807, 2.05) is 0 Å². The molecule has 0 heterocycles. The van der Waals surface area contributed by atoms with E-state index >= 15 is 0 Å². The van der Waals surface area contributed by atoms with Crippen molar-refractivity contribution in [2.75, 3.05) is 6.54 Å². The molecule has 19 heavy (non-hydrogen) atoms. The molecule has 0 atom stereocenters. The van der Waals surface area contributed by atoms with Crippen LogP contribution in [0.1, 0.15) is 24.8 Å². The number of benzene rings is 1. The molecule has 102 valence electrons. The number of hydrogen-bond donors (Lipinski definition) is 2. The topological polar surface area (TPSA) is 58.2 Å². The van der Waals surface area contributed by atoms with Crippen molar-refractivity contribution >= 4 is 11.8 Å². The van der Waals surface area contributed by atoms with Crippen LogP contribution in [0.5, 0.6) is 0 Å². The maximum absolute atomic E-state index is 12.9. The minimum Gasteiger partial charge on any atom is -0.352 e. The molecule has 0 radical (unpaired) electrons. The molecule has 1 fully saturated rings. The summed E-state index contributed by atoms with van der Waals surface area (Å²) in [5, 5.41) is 5.34. The van der Waals surface area contributed by atoms with Gasteiger partial charge in [0.1, 0.15) is 5.82 Å². The number of carbonyl (C=O) groups is 2. The number of hydrogen-bond acceptors (Lipinski definition) is 2. The highest BCUT2D eigenvalue weighted by Crippen LogP contribution is 2.18. The molecule has 0 unspecified atom stereocenters. The van der Waals surface area contributed by atoms with Crippen LogP contribution in [0.3, 0.4) is 0 Å². The molecule has 2 N–H and O–H groups in total. The second kappa shape index (κ2) is 6.31. The fraction of sp³-hybridized carbons (Fsp3) is 0.429. The lowest BCUT2D eigenvalue weighted by atomic mass is 10.1. The molecular formula is C14H17FN2O2. The van der Waals surface area contributed by atoms with Crippen LogP contribution in [0, 0.1) is 5.82 Å². The fourth-order valence-electron chi connectivity index (χ4n) is 1.72. The van der Waals surface area contributed by atoms with Gasteiger partial charge in [-0.05, 0) is 37.0 Å². The highest BCUT2D eigenvalue weighted by molar-refractivity contribution is 5.85. The summed E-state index contributed by atoms with van der Waals surface area (Å²) < 4.78 is 12.9. The summed E-state index contributed by atoms with van der Waals surface area (Å²) in [5.74, 6) is -0.654. The van der Waals surface area contributed by atoms with Crippen molar-refractivity contribution in [1.82, 2.24) is 10.6 Å². The predicted octanol–water partition coefficient (Wildman–Crippen LogP) is 1.15. The van der Waals surface area contributed by atoms with Gasteiger partial charge in [-0.3, -0.25) is 9.59 Å². The van der Waals surface area contributed by atoms with Gasteiger partial charge in [-0.15, -0.1) is 0 Å². The van der Waals surface area contributed by atoms with Crippen LogP contribution < -0.4 is 10.6 Å². The third kappa shape index (κ3) is 5.07. The summed E-state index contributed by atoms with van der Waals surface area (Å²) >= 11 is 0. The van der Waals surface area contributed by atoms with E-state index in [1.165, 1.54) is 12.1 Å². The average Bonchev–Trinajstić information content (AvgIpc) is 3.18. The summed E-state index contributed by atoms with van der Waals surface area (Å²) in [5.41, 5.74) is 0.776. The average molecular weight is 264 g/mol. The normalized spacial score (nSPS) is 13.9. The number of aryl methyl sites for hydroxylation is 1. The SMILES string of the molecule is O=C(CCc1cccc(F)c1)NCC(=O)NC1CC1. The van der Waals surface area contributed by atoms with E-state index in [1.54, 1.807) is 12.1 Å². The van der Waals surface area contributed by atoms with Crippen molar-refractivity contribution < 1.29 is 14.0 Å². The molecule has 1 aromatic rings. The van der Waals surface area contributed by atoms with Gasteiger partial charge in [0.15, 0.2) is 0 Å². The second-order valence-corrected chi connectivity index (χ2v) is 4.75. The molecule has 0 saturated heterocycles. The third-order valence-electron chi connectivity index (χ3n) is 2.92. The second-order valence-electron chi connectivity index (χ2n) is 4.75.